The molecular weight excluding hydrogens is 348 g/mol. The minimum Gasteiger partial charge on any atom is -0.452 e. The van der Waals surface area contributed by atoms with Crippen molar-refractivity contribution in [3.05, 3.63) is 60.2 Å². The number of amides is 2. The first-order valence-corrected chi connectivity index (χ1v) is 8.35. The highest BCUT2D eigenvalue weighted by atomic mass is 16.6. The summed E-state index contributed by atoms with van der Waals surface area (Å²) in [5, 5.41) is 5.16. The molecule has 2 aromatic rings. The molecule has 0 aliphatic rings. The van der Waals surface area contributed by atoms with Crippen LogP contribution in [0.1, 0.15) is 31.1 Å². The van der Waals surface area contributed by atoms with Gasteiger partial charge in [-0.3, -0.25) is 10.1 Å². The number of rotatable bonds is 5. The van der Waals surface area contributed by atoms with Crippen LogP contribution < -0.4 is 10.6 Å². The van der Waals surface area contributed by atoms with Crippen LogP contribution in [-0.4, -0.2) is 30.2 Å². The molecule has 0 aliphatic heterocycles. The van der Waals surface area contributed by atoms with Crippen LogP contribution in [0, 0.1) is 0 Å². The van der Waals surface area contributed by atoms with E-state index in [1.165, 1.54) is 12.1 Å². The van der Waals surface area contributed by atoms with Gasteiger partial charge in [0.15, 0.2) is 6.61 Å². The van der Waals surface area contributed by atoms with Gasteiger partial charge in [-0.1, -0.05) is 24.3 Å². The van der Waals surface area contributed by atoms with E-state index in [4.69, 9.17) is 9.47 Å². The van der Waals surface area contributed by atoms with Gasteiger partial charge in [0.2, 0.25) is 0 Å². The average Bonchev–Trinajstić information content (AvgIpc) is 2.59. The number of carbonyl (C=O) groups is 3. The number of benzene rings is 2. The number of hydrogen-bond acceptors (Lipinski definition) is 5. The smallest absolute Gasteiger partial charge is 0.412 e. The molecule has 7 heteroatoms. The number of ether oxygens (including phenoxy) is 2. The third-order valence-electron chi connectivity index (χ3n) is 3.14. The number of esters is 1. The molecule has 2 rings (SSSR count). The Balaban J connectivity index is 1.89. The Kier molecular flexibility index (Phi) is 6.54. The topological polar surface area (TPSA) is 93.7 Å². The predicted molar refractivity (Wildman–Crippen MR) is 102 cm³/mol. The van der Waals surface area contributed by atoms with E-state index in [0.717, 1.165) is 0 Å². The molecule has 0 aliphatic carbocycles. The van der Waals surface area contributed by atoms with Gasteiger partial charge in [-0.15, -0.1) is 0 Å². The van der Waals surface area contributed by atoms with Crippen LogP contribution in [0.4, 0.5) is 16.2 Å². The Morgan fingerprint density at radius 3 is 2.22 bits per heavy atom. The maximum Gasteiger partial charge on any atom is 0.412 e. The molecule has 2 N–H and O–H groups in total. The molecule has 0 aromatic heterocycles. The second-order valence-electron chi connectivity index (χ2n) is 6.70. The summed E-state index contributed by atoms with van der Waals surface area (Å²) < 4.78 is 10.2. The summed E-state index contributed by atoms with van der Waals surface area (Å²) in [6.45, 7) is 4.83. The summed E-state index contributed by atoms with van der Waals surface area (Å²) in [4.78, 5) is 35.7. The molecule has 7 nitrogen and oxygen atoms in total. The summed E-state index contributed by atoms with van der Waals surface area (Å²) in [6, 6.07) is 15.0. The highest BCUT2D eigenvalue weighted by Gasteiger charge is 2.17. The predicted octanol–water partition coefficient (Wildman–Crippen LogP) is 3.83. The van der Waals surface area contributed by atoms with Crippen molar-refractivity contribution >= 4 is 29.3 Å². The Morgan fingerprint density at radius 1 is 0.889 bits per heavy atom. The fourth-order valence-corrected chi connectivity index (χ4v) is 2.08. The Morgan fingerprint density at radius 2 is 1.56 bits per heavy atom. The lowest BCUT2D eigenvalue weighted by molar-refractivity contribution is -0.119. The van der Waals surface area contributed by atoms with Gasteiger partial charge in [-0.05, 0) is 51.1 Å². The molecule has 0 atom stereocenters. The van der Waals surface area contributed by atoms with Crippen molar-refractivity contribution in [3.63, 3.8) is 0 Å². The minimum absolute atomic E-state index is 0.205. The highest BCUT2D eigenvalue weighted by molar-refractivity contribution is 5.96. The standard InChI is InChI=1S/C20H22N2O5/c1-20(2,3)27-19(25)22-16-11-7-8-14(12-16)18(24)26-13-17(23)21-15-9-5-4-6-10-15/h4-12H,13H2,1-3H3,(H,21,23)(H,22,25). The van der Waals surface area contributed by atoms with Crippen molar-refractivity contribution in [2.75, 3.05) is 17.2 Å². The average molecular weight is 370 g/mol. The molecule has 0 radical (unpaired) electrons. The van der Waals surface area contributed by atoms with Crippen molar-refractivity contribution in [1.29, 1.82) is 0 Å². The fraction of sp³-hybridized carbons (Fsp3) is 0.250. The lowest BCUT2D eigenvalue weighted by Gasteiger charge is -2.19. The van der Waals surface area contributed by atoms with Gasteiger partial charge in [0.25, 0.3) is 5.91 Å². The lowest BCUT2D eigenvalue weighted by atomic mass is 10.2. The lowest BCUT2D eigenvalue weighted by Crippen LogP contribution is -2.27. The van der Waals surface area contributed by atoms with E-state index < -0.39 is 30.2 Å². The van der Waals surface area contributed by atoms with E-state index in [2.05, 4.69) is 10.6 Å². The van der Waals surface area contributed by atoms with Crippen LogP contribution in [0.2, 0.25) is 0 Å². The summed E-state index contributed by atoms with van der Waals surface area (Å²) in [5.41, 5.74) is 0.567. The molecule has 0 saturated heterocycles. The van der Waals surface area contributed by atoms with E-state index in [0.29, 0.717) is 11.4 Å². The van der Waals surface area contributed by atoms with Crippen molar-refractivity contribution in [3.8, 4) is 0 Å². The highest BCUT2D eigenvalue weighted by Crippen LogP contribution is 2.14. The summed E-state index contributed by atoms with van der Waals surface area (Å²) in [7, 11) is 0. The second kappa shape index (κ2) is 8.84. The Bertz CT molecular complexity index is 813. The number of para-hydroxylation sites is 1. The summed E-state index contributed by atoms with van der Waals surface area (Å²) in [5.74, 6) is -1.12. The SMILES string of the molecule is CC(C)(C)OC(=O)Nc1cccc(C(=O)OCC(=O)Nc2ccccc2)c1. The monoisotopic (exact) mass is 370 g/mol. The summed E-state index contributed by atoms with van der Waals surface area (Å²) >= 11 is 0. The van der Waals surface area contributed by atoms with Crippen LogP contribution in [0.15, 0.2) is 54.6 Å². The van der Waals surface area contributed by atoms with Gasteiger partial charge >= 0.3 is 12.1 Å². The molecule has 142 valence electrons. The summed E-state index contributed by atoms with van der Waals surface area (Å²) in [6.07, 6.45) is -0.629. The largest absolute Gasteiger partial charge is 0.452 e. The van der Waals surface area contributed by atoms with Crippen LogP contribution in [0.25, 0.3) is 0 Å². The Labute approximate surface area is 157 Å². The van der Waals surface area contributed by atoms with Gasteiger partial charge in [0.05, 0.1) is 5.56 Å². The van der Waals surface area contributed by atoms with Gasteiger partial charge in [0, 0.05) is 11.4 Å². The molecular formula is C20H22N2O5. The quantitative estimate of drug-likeness (QED) is 0.780. The number of carbonyl (C=O) groups excluding carboxylic acids is 3. The third-order valence-corrected chi connectivity index (χ3v) is 3.14. The molecule has 0 heterocycles. The molecule has 0 saturated carbocycles. The zero-order valence-electron chi connectivity index (χ0n) is 15.4. The molecule has 0 fully saturated rings. The van der Waals surface area contributed by atoms with Gasteiger partial charge in [-0.25, -0.2) is 9.59 Å². The van der Waals surface area contributed by atoms with E-state index in [1.807, 2.05) is 6.07 Å². The number of anilines is 2. The van der Waals surface area contributed by atoms with Crippen LogP contribution in [0.3, 0.4) is 0 Å². The molecule has 0 unspecified atom stereocenters. The van der Waals surface area contributed by atoms with Crippen molar-refractivity contribution in [2.45, 2.75) is 26.4 Å². The fourth-order valence-electron chi connectivity index (χ4n) is 2.08. The second-order valence-corrected chi connectivity index (χ2v) is 6.70. The first-order chi connectivity index (χ1) is 12.7. The minimum atomic E-state index is -0.675. The van der Waals surface area contributed by atoms with E-state index in [9.17, 15) is 14.4 Å². The van der Waals surface area contributed by atoms with Crippen molar-refractivity contribution < 1.29 is 23.9 Å². The van der Waals surface area contributed by atoms with E-state index in [1.54, 1.807) is 57.2 Å². The van der Waals surface area contributed by atoms with Crippen molar-refractivity contribution in [1.82, 2.24) is 0 Å². The van der Waals surface area contributed by atoms with Crippen LogP contribution in [-0.2, 0) is 14.3 Å². The molecule has 2 aromatic carbocycles. The first-order valence-electron chi connectivity index (χ1n) is 8.35. The van der Waals surface area contributed by atoms with E-state index in [-0.39, 0.29) is 5.56 Å². The van der Waals surface area contributed by atoms with Crippen molar-refractivity contribution in [2.24, 2.45) is 0 Å². The van der Waals surface area contributed by atoms with E-state index >= 15 is 0 Å². The molecule has 27 heavy (non-hydrogen) atoms. The van der Waals surface area contributed by atoms with Gasteiger partial charge < -0.3 is 14.8 Å². The normalized spacial score (nSPS) is 10.6. The number of nitrogens with one attached hydrogen (secondary N) is 2. The number of hydrogen-bond donors (Lipinski definition) is 2. The molecule has 2 amide bonds. The zero-order chi connectivity index (χ0) is 19.9. The first kappa shape index (κ1) is 20.0. The maximum absolute atomic E-state index is 12.1. The van der Waals surface area contributed by atoms with Crippen LogP contribution >= 0.6 is 0 Å². The van der Waals surface area contributed by atoms with Gasteiger partial charge in [0.1, 0.15) is 5.60 Å². The maximum atomic E-state index is 12.1. The van der Waals surface area contributed by atoms with Crippen LogP contribution in [0.5, 0.6) is 0 Å². The Hall–Kier alpha value is -3.35. The molecule has 0 bridgehead atoms. The van der Waals surface area contributed by atoms with Gasteiger partial charge in [-0.2, -0.15) is 0 Å². The zero-order valence-corrected chi connectivity index (χ0v) is 15.4. The molecule has 0 spiro atoms. The third kappa shape index (κ3) is 7.19.